The molecule has 32 heavy (non-hydrogen) atoms. The zero-order chi connectivity index (χ0) is 22.8. The predicted molar refractivity (Wildman–Crippen MR) is 118 cm³/mol. The molecule has 1 aliphatic heterocycles. The number of pyridine rings is 1. The number of rotatable bonds is 6. The van der Waals surface area contributed by atoms with E-state index in [2.05, 4.69) is 4.98 Å². The Morgan fingerprint density at radius 3 is 2.50 bits per heavy atom. The summed E-state index contributed by atoms with van der Waals surface area (Å²) in [5.41, 5.74) is 1.16. The molecule has 1 amide bonds. The summed E-state index contributed by atoms with van der Waals surface area (Å²) in [7, 11) is 0. The minimum atomic E-state index is -0.851. The van der Waals surface area contributed by atoms with E-state index in [1.165, 1.54) is 4.90 Å². The number of amides is 1. The van der Waals surface area contributed by atoms with Gasteiger partial charge in [-0.2, -0.15) is 0 Å². The SMILES string of the molecule is Cc1ccc([C@@H]2/C(=C(\O)c3ccc(OC(C)C)cc3)C(=O)C(=O)N2Cc2cccnc2)o1. The van der Waals surface area contributed by atoms with Crippen LogP contribution in [0.25, 0.3) is 5.76 Å². The Labute approximate surface area is 186 Å². The number of nitrogens with zero attached hydrogens (tertiary/aromatic N) is 2. The fourth-order valence-electron chi connectivity index (χ4n) is 3.75. The topological polar surface area (TPSA) is 92.9 Å². The average Bonchev–Trinajstić information content (AvgIpc) is 3.30. The first-order valence-corrected chi connectivity index (χ1v) is 10.4. The maximum absolute atomic E-state index is 13.0. The first-order valence-electron chi connectivity index (χ1n) is 10.4. The van der Waals surface area contributed by atoms with Crippen LogP contribution in [0.1, 0.15) is 42.5 Å². The van der Waals surface area contributed by atoms with Crippen molar-refractivity contribution in [2.45, 2.75) is 39.5 Å². The van der Waals surface area contributed by atoms with Crippen LogP contribution in [-0.4, -0.2) is 32.8 Å². The van der Waals surface area contributed by atoms with Crippen molar-refractivity contribution >= 4 is 17.4 Å². The fraction of sp³-hybridized carbons (Fsp3) is 0.240. The smallest absolute Gasteiger partial charge is 0.296 e. The van der Waals surface area contributed by atoms with E-state index < -0.39 is 17.7 Å². The number of aromatic nitrogens is 1. The molecule has 1 fully saturated rings. The van der Waals surface area contributed by atoms with Crippen LogP contribution in [0.4, 0.5) is 0 Å². The van der Waals surface area contributed by atoms with Crippen molar-refractivity contribution in [3.8, 4) is 5.75 Å². The molecular formula is C25H24N2O5. The molecule has 164 valence electrons. The quantitative estimate of drug-likeness (QED) is 0.353. The molecule has 7 nitrogen and oxygen atoms in total. The molecule has 1 aliphatic rings. The number of hydrogen-bond acceptors (Lipinski definition) is 6. The molecule has 0 bridgehead atoms. The molecule has 1 saturated heterocycles. The molecule has 3 aromatic rings. The van der Waals surface area contributed by atoms with Gasteiger partial charge in [0.15, 0.2) is 0 Å². The number of aliphatic hydroxyl groups excluding tert-OH is 1. The van der Waals surface area contributed by atoms with E-state index in [-0.39, 0.29) is 24.0 Å². The summed E-state index contributed by atoms with van der Waals surface area (Å²) in [6.45, 7) is 5.77. The van der Waals surface area contributed by atoms with Gasteiger partial charge in [-0.05, 0) is 68.8 Å². The minimum absolute atomic E-state index is 0.00855. The molecule has 0 spiro atoms. The van der Waals surface area contributed by atoms with Gasteiger partial charge in [0.05, 0.1) is 11.7 Å². The molecular weight excluding hydrogens is 408 g/mol. The summed E-state index contributed by atoms with van der Waals surface area (Å²) in [6.07, 6.45) is 3.28. The number of likely N-dealkylation sites (tertiary alicyclic amines) is 1. The third kappa shape index (κ3) is 4.14. The summed E-state index contributed by atoms with van der Waals surface area (Å²) in [5, 5.41) is 11.1. The molecule has 1 N–H and O–H groups in total. The number of carbonyl (C=O) groups excluding carboxylic acids is 2. The minimum Gasteiger partial charge on any atom is -0.507 e. The molecule has 1 atom stereocenters. The molecule has 4 rings (SSSR count). The van der Waals surface area contributed by atoms with Crippen molar-refractivity contribution in [2.75, 3.05) is 0 Å². The molecule has 0 saturated carbocycles. The molecule has 7 heteroatoms. The Kier molecular flexibility index (Phi) is 5.81. The van der Waals surface area contributed by atoms with Gasteiger partial charge in [-0.25, -0.2) is 0 Å². The van der Waals surface area contributed by atoms with Gasteiger partial charge in [-0.1, -0.05) is 6.07 Å². The van der Waals surface area contributed by atoms with Crippen molar-refractivity contribution in [3.05, 3.63) is 89.1 Å². The summed E-state index contributed by atoms with van der Waals surface area (Å²) in [4.78, 5) is 31.5. The largest absolute Gasteiger partial charge is 0.507 e. The number of furan rings is 1. The lowest BCUT2D eigenvalue weighted by Gasteiger charge is -2.23. The second-order valence-electron chi connectivity index (χ2n) is 7.93. The molecule has 2 aromatic heterocycles. The van der Waals surface area contributed by atoms with Crippen molar-refractivity contribution < 1.29 is 23.8 Å². The highest BCUT2D eigenvalue weighted by atomic mass is 16.5. The van der Waals surface area contributed by atoms with E-state index >= 15 is 0 Å². The number of benzene rings is 1. The van der Waals surface area contributed by atoms with Crippen LogP contribution in [-0.2, 0) is 16.1 Å². The van der Waals surface area contributed by atoms with Crippen LogP contribution in [0.5, 0.6) is 5.75 Å². The zero-order valence-electron chi connectivity index (χ0n) is 18.1. The Morgan fingerprint density at radius 1 is 1.16 bits per heavy atom. The first kappa shape index (κ1) is 21.4. The molecule has 1 aromatic carbocycles. The highest BCUT2D eigenvalue weighted by molar-refractivity contribution is 6.46. The van der Waals surface area contributed by atoms with Crippen LogP contribution in [0.15, 0.2) is 70.9 Å². The van der Waals surface area contributed by atoms with Crippen LogP contribution >= 0.6 is 0 Å². The standard InChI is InChI=1S/C25H24N2O5/c1-15(2)31-19-9-7-18(8-10-19)23(28)21-22(20-11-6-16(3)32-20)27(25(30)24(21)29)14-17-5-4-12-26-13-17/h4-13,15,22,28H,14H2,1-3H3/b23-21+/t22-/m1/s1. The van der Waals surface area contributed by atoms with Gasteiger partial charge in [0.2, 0.25) is 0 Å². The lowest BCUT2D eigenvalue weighted by atomic mass is 9.99. The van der Waals surface area contributed by atoms with Gasteiger partial charge in [0, 0.05) is 24.5 Å². The lowest BCUT2D eigenvalue weighted by molar-refractivity contribution is -0.140. The number of aryl methyl sites for hydroxylation is 1. The summed E-state index contributed by atoms with van der Waals surface area (Å²) in [6, 6.07) is 13.0. The van der Waals surface area contributed by atoms with Crippen molar-refractivity contribution in [3.63, 3.8) is 0 Å². The lowest BCUT2D eigenvalue weighted by Crippen LogP contribution is -2.29. The van der Waals surface area contributed by atoms with Gasteiger partial charge < -0.3 is 19.2 Å². The van der Waals surface area contributed by atoms with Gasteiger partial charge >= 0.3 is 0 Å². The van der Waals surface area contributed by atoms with Crippen LogP contribution < -0.4 is 4.74 Å². The number of ketones is 1. The Balaban J connectivity index is 1.78. The number of Topliss-reactive ketones (excluding diaryl/α,β-unsaturated/α-hetero) is 1. The van der Waals surface area contributed by atoms with E-state index in [9.17, 15) is 14.7 Å². The maximum atomic E-state index is 13.0. The van der Waals surface area contributed by atoms with E-state index in [4.69, 9.17) is 9.15 Å². The van der Waals surface area contributed by atoms with Gasteiger partial charge in [-0.3, -0.25) is 14.6 Å². The van der Waals surface area contributed by atoms with E-state index in [0.717, 1.165) is 5.56 Å². The summed E-state index contributed by atoms with van der Waals surface area (Å²) >= 11 is 0. The van der Waals surface area contributed by atoms with Crippen molar-refractivity contribution in [1.29, 1.82) is 0 Å². The van der Waals surface area contributed by atoms with Gasteiger partial charge in [0.25, 0.3) is 11.7 Å². The first-order chi connectivity index (χ1) is 15.3. The second kappa shape index (κ2) is 8.70. The molecule has 3 heterocycles. The van der Waals surface area contributed by atoms with Crippen LogP contribution in [0.3, 0.4) is 0 Å². The Bertz CT molecular complexity index is 1160. The van der Waals surface area contributed by atoms with Crippen molar-refractivity contribution in [2.24, 2.45) is 0 Å². The van der Waals surface area contributed by atoms with Crippen LogP contribution in [0.2, 0.25) is 0 Å². The van der Waals surface area contributed by atoms with E-state index in [1.54, 1.807) is 61.8 Å². The average molecular weight is 432 g/mol. The highest BCUT2D eigenvalue weighted by Gasteiger charge is 2.47. The Morgan fingerprint density at radius 2 is 1.91 bits per heavy atom. The fourth-order valence-corrected chi connectivity index (χ4v) is 3.75. The highest BCUT2D eigenvalue weighted by Crippen LogP contribution is 2.41. The third-order valence-corrected chi connectivity index (χ3v) is 5.15. The number of hydrogen-bond donors (Lipinski definition) is 1. The van der Waals surface area contributed by atoms with Gasteiger partial charge in [-0.15, -0.1) is 0 Å². The number of ether oxygens (including phenoxy) is 1. The number of aliphatic hydroxyl groups is 1. The van der Waals surface area contributed by atoms with Crippen LogP contribution in [0, 0.1) is 6.92 Å². The maximum Gasteiger partial charge on any atom is 0.296 e. The predicted octanol–water partition coefficient (Wildman–Crippen LogP) is 4.39. The second-order valence-corrected chi connectivity index (χ2v) is 7.93. The number of carbonyl (C=O) groups is 2. The third-order valence-electron chi connectivity index (χ3n) is 5.15. The molecule has 0 radical (unpaired) electrons. The summed E-state index contributed by atoms with van der Waals surface area (Å²) in [5.74, 6) is -0.0183. The normalized spacial score (nSPS) is 17.9. The summed E-state index contributed by atoms with van der Waals surface area (Å²) < 4.78 is 11.4. The monoisotopic (exact) mass is 432 g/mol. The van der Waals surface area contributed by atoms with Gasteiger partial charge in [0.1, 0.15) is 29.1 Å². The molecule has 0 aliphatic carbocycles. The van der Waals surface area contributed by atoms with E-state index in [1.807, 2.05) is 19.9 Å². The zero-order valence-corrected chi connectivity index (χ0v) is 18.1. The van der Waals surface area contributed by atoms with Crippen molar-refractivity contribution in [1.82, 2.24) is 9.88 Å². The molecule has 0 unspecified atom stereocenters. The Hall–Kier alpha value is -3.87. The van der Waals surface area contributed by atoms with E-state index in [0.29, 0.717) is 22.8 Å².